The van der Waals surface area contributed by atoms with Crippen LogP contribution in [0.2, 0.25) is 12.6 Å². The summed E-state index contributed by atoms with van der Waals surface area (Å²) < 4.78 is 0. The van der Waals surface area contributed by atoms with Gasteiger partial charge in [-0.15, -0.1) is 0 Å². The molecular weight excluding hydrogens is 174 g/mol. The van der Waals surface area contributed by atoms with Crippen LogP contribution in [-0.4, -0.2) is 32.7 Å². The molecule has 0 aliphatic heterocycles. The third kappa shape index (κ3) is 3.65. The van der Waals surface area contributed by atoms with Crippen molar-refractivity contribution in [2.24, 2.45) is 0 Å². The Balaban J connectivity index is 4.56. The summed E-state index contributed by atoms with van der Waals surface area (Å²) in [4.78, 5) is 2.36. The average Bonchev–Trinajstić information content (AvgIpc) is 2.03. The van der Waals surface area contributed by atoms with Gasteiger partial charge in [0.25, 0.3) is 0 Å². The molecule has 0 saturated carbocycles. The molecule has 1 nitrogen and oxygen atoms in total. The average molecular weight is 199 g/mol. The first-order valence-electron chi connectivity index (χ1n) is 5.28. The first kappa shape index (κ1) is 12.9. The maximum Gasteiger partial charge on any atom is 0.0922 e. The van der Waals surface area contributed by atoms with Crippen LogP contribution in [0.3, 0.4) is 0 Å². The smallest absolute Gasteiger partial charge is 0.0922 e. The molecule has 78 valence electrons. The van der Waals surface area contributed by atoms with E-state index in [4.69, 9.17) is 0 Å². The molecule has 0 saturated heterocycles. The van der Waals surface area contributed by atoms with Crippen molar-refractivity contribution in [3.63, 3.8) is 0 Å². The van der Waals surface area contributed by atoms with Gasteiger partial charge in [-0.1, -0.05) is 44.6 Å². The molecule has 0 fully saturated rings. The molecule has 0 aromatic carbocycles. The molecule has 2 heteroatoms. The van der Waals surface area contributed by atoms with Crippen LogP contribution in [0.25, 0.3) is 0 Å². The Hall–Kier alpha value is -0.0831. The number of allylic oxidation sites excluding steroid dienone is 1. The van der Waals surface area contributed by atoms with E-state index in [1.807, 2.05) is 0 Å². The van der Waals surface area contributed by atoms with Crippen molar-refractivity contribution in [1.82, 2.24) is 4.90 Å². The van der Waals surface area contributed by atoms with Crippen LogP contribution in [0.15, 0.2) is 11.8 Å². The molecule has 0 rings (SSSR count). The quantitative estimate of drug-likeness (QED) is 0.615. The highest BCUT2D eigenvalue weighted by Gasteiger charge is 2.30. The van der Waals surface area contributed by atoms with E-state index < -0.39 is 8.07 Å². The Morgan fingerprint density at radius 2 is 1.92 bits per heavy atom. The van der Waals surface area contributed by atoms with E-state index in [0.717, 1.165) is 5.67 Å². The zero-order chi connectivity index (χ0) is 10.5. The van der Waals surface area contributed by atoms with Gasteiger partial charge < -0.3 is 4.90 Å². The summed E-state index contributed by atoms with van der Waals surface area (Å²) in [6.07, 6.45) is 3.55. The summed E-state index contributed by atoms with van der Waals surface area (Å²) in [7, 11) is 3.21. The standard InChI is InChI=1S/C11H25NSi/c1-7-9-13(6,10-8-2)11(3)12(4)5/h7,9,11H,8,10H2,1-6H3. The van der Waals surface area contributed by atoms with Gasteiger partial charge in [0, 0.05) is 5.67 Å². The van der Waals surface area contributed by atoms with Crippen LogP contribution in [-0.2, 0) is 0 Å². The van der Waals surface area contributed by atoms with Crippen LogP contribution in [0.4, 0.5) is 0 Å². The molecule has 0 aliphatic carbocycles. The minimum Gasteiger partial charge on any atom is -0.309 e. The van der Waals surface area contributed by atoms with Crippen molar-refractivity contribution in [3.05, 3.63) is 11.8 Å². The number of hydrogen-bond donors (Lipinski definition) is 0. The first-order valence-corrected chi connectivity index (χ1v) is 8.14. The monoisotopic (exact) mass is 199 g/mol. The molecular formula is C11H25NSi. The number of rotatable bonds is 5. The van der Waals surface area contributed by atoms with Crippen molar-refractivity contribution in [1.29, 1.82) is 0 Å². The predicted molar refractivity (Wildman–Crippen MR) is 64.7 cm³/mol. The van der Waals surface area contributed by atoms with Gasteiger partial charge in [-0.05, 0) is 21.0 Å². The summed E-state index contributed by atoms with van der Waals surface area (Å²) in [5.41, 5.74) is 3.23. The Bertz CT molecular complexity index is 165. The second-order valence-electron chi connectivity index (χ2n) is 4.40. The van der Waals surface area contributed by atoms with E-state index in [-0.39, 0.29) is 0 Å². The lowest BCUT2D eigenvalue weighted by atomic mass is 10.6. The fourth-order valence-corrected chi connectivity index (χ4v) is 5.82. The second-order valence-corrected chi connectivity index (χ2v) is 9.08. The van der Waals surface area contributed by atoms with Gasteiger partial charge >= 0.3 is 0 Å². The molecule has 0 aliphatic rings. The van der Waals surface area contributed by atoms with Gasteiger partial charge in [-0.25, -0.2) is 0 Å². The minimum atomic E-state index is -1.17. The maximum absolute atomic E-state index is 2.49. The van der Waals surface area contributed by atoms with E-state index in [9.17, 15) is 0 Å². The van der Waals surface area contributed by atoms with Crippen LogP contribution >= 0.6 is 0 Å². The molecule has 0 aromatic rings. The third-order valence-electron chi connectivity index (χ3n) is 3.07. The highest BCUT2D eigenvalue weighted by Crippen LogP contribution is 2.21. The van der Waals surface area contributed by atoms with Crippen LogP contribution in [0, 0.1) is 0 Å². The Kier molecular flexibility index (Phi) is 5.57. The van der Waals surface area contributed by atoms with Crippen molar-refractivity contribution in [3.8, 4) is 0 Å². The molecule has 0 N–H and O–H groups in total. The van der Waals surface area contributed by atoms with E-state index in [1.165, 1.54) is 12.5 Å². The second kappa shape index (κ2) is 5.61. The summed E-state index contributed by atoms with van der Waals surface area (Å²) in [5, 5.41) is 0. The van der Waals surface area contributed by atoms with E-state index in [0.29, 0.717) is 0 Å². The maximum atomic E-state index is 2.49. The largest absolute Gasteiger partial charge is 0.309 e. The summed E-state index contributed by atoms with van der Waals surface area (Å²) in [6, 6.07) is 1.40. The lowest BCUT2D eigenvalue weighted by Gasteiger charge is -2.35. The van der Waals surface area contributed by atoms with Crippen molar-refractivity contribution < 1.29 is 0 Å². The normalized spacial score (nSPS) is 19.3. The fraction of sp³-hybridized carbons (Fsp3) is 0.818. The minimum absolute atomic E-state index is 0.739. The van der Waals surface area contributed by atoms with Gasteiger partial charge in [0.1, 0.15) is 0 Å². The molecule has 2 unspecified atom stereocenters. The highest BCUT2D eigenvalue weighted by molar-refractivity contribution is 6.84. The molecule has 0 amide bonds. The van der Waals surface area contributed by atoms with Crippen LogP contribution in [0.1, 0.15) is 27.2 Å². The highest BCUT2D eigenvalue weighted by atomic mass is 28.3. The fourth-order valence-electron chi connectivity index (χ4n) is 1.94. The summed E-state index contributed by atoms with van der Waals surface area (Å²) in [5.74, 6) is 0. The molecule has 0 heterocycles. The summed E-state index contributed by atoms with van der Waals surface area (Å²) >= 11 is 0. The number of hydrogen-bond acceptors (Lipinski definition) is 1. The van der Waals surface area contributed by atoms with Gasteiger partial charge in [-0.2, -0.15) is 0 Å². The summed E-state index contributed by atoms with van der Waals surface area (Å²) in [6.45, 7) is 9.28. The van der Waals surface area contributed by atoms with Crippen molar-refractivity contribution in [2.75, 3.05) is 14.1 Å². The predicted octanol–water partition coefficient (Wildman–Crippen LogP) is 3.08. The van der Waals surface area contributed by atoms with Crippen LogP contribution < -0.4 is 0 Å². The van der Waals surface area contributed by atoms with Gasteiger partial charge in [0.2, 0.25) is 0 Å². The van der Waals surface area contributed by atoms with Gasteiger partial charge in [-0.3, -0.25) is 0 Å². The Labute approximate surface area is 84.8 Å². The zero-order valence-electron chi connectivity index (χ0n) is 10.1. The first-order chi connectivity index (χ1) is 5.98. The van der Waals surface area contributed by atoms with Crippen LogP contribution in [0.5, 0.6) is 0 Å². The lowest BCUT2D eigenvalue weighted by Crippen LogP contribution is -2.49. The molecule has 0 aromatic heterocycles. The van der Waals surface area contributed by atoms with E-state index in [1.54, 1.807) is 0 Å². The molecule has 0 bridgehead atoms. The molecule has 2 atom stereocenters. The van der Waals surface area contributed by atoms with E-state index >= 15 is 0 Å². The molecule has 0 radical (unpaired) electrons. The zero-order valence-corrected chi connectivity index (χ0v) is 11.1. The van der Waals surface area contributed by atoms with Crippen molar-refractivity contribution >= 4 is 8.07 Å². The van der Waals surface area contributed by atoms with Gasteiger partial charge in [0.15, 0.2) is 0 Å². The number of nitrogens with zero attached hydrogens (tertiary/aromatic N) is 1. The topological polar surface area (TPSA) is 3.24 Å². The lowest BCUT2D eigenvalue weighted by molar-refractivity contribution is 0.383. The van der Waals surface area contributed by atoms with Gasteiger partial charge in [0.05, 0.1) is 8.07 Å². The Morgan fingerprint density at radius 1 is 1.38 bits per heavy atom. The SMILES string of the molecule is CC=C[Si](C)(CCC)C(C)N(C)C. The third-order valence-corrected chi connectivity index (χ3v) is 8.16. The Morgan fingerprint density at radius 3 is 2.23 bits per heavy atom. The molecule has 0 spiro atoms. The van der Waals surface area contributed by atoms with E-state index in [2.05, 4.69) is 58.1 Å². The van der Waals surface area contributed by atoms with Crippen molar-refractivity contribution in [2.45, 2.75) is 45.4 Å². The molecule has 13 heavy (non-hydrogen) atoms.